The summed E-state index contributed by atoms with van der Waals surface area (Å²) in [5, 5.41) is 0. The van der Waals surface area contributed by atoms with Crippen LogP contribution in [0.5, 0.6) is 0 Å². The van der Waals surface area contributed by atoms with Gasteiger partial charge in [0, 0.05) is 18.6 Å². The number of nitrogens with zero attached hydrogens (tertiary/aromatic N) is 1. The first kappa shape index (κ1) is 13.9. The van der Waals surface area contributed by atoms with Crippen molar-refractivity contribution in [2.75, 3.05) is 6.54 Å². The van der Waals surface area contributed by atoms with Crippen molar-refractivity contribution in [2.45, 2.75) is 33.1 Å². The summed E-state index contributed by atoms with van der Waals surface area (Å²) in [5.74, 6) is -0.967. The Morgan fingerprint density at radius 1 is 1.21 bits per heavy atom. The number of aryl methyl sites for hydroxylation is 1. The number of halogens is 2. The Kier molecular flexibility index (Phi) is 3.85. The van der Waals surface area contributed by atoms with E-state index in [4.69, 9.17) is 5.73 Å². The van der Waals surface area contributed by atoms with E-state index in [1.807, 2.05) is 0 Å². The van der Waals surface area contributed by atoms with E-state index in [0.29, 0.717) is 17.6 Å². The number of hydrogen-bond acceptors (Lipinski definition) is 2. The Morgan fingerprint density at radius 2 is 1.89 bits per heavy atom. The highest BCUT2D eigenvalue weighted by Gasteiger charge is 2.17. The maximum absolute atomic E-state index is 13.1. The molecule has 1 heterocycles. The van der Waals surface area contributed by atoms with Gasteiger partial charge in [-0.2, -0.15) is 0 Å². The van der Waals surface area contributed by atoms with E-state index in [1.165, 1.54) is 0 Å². The molecule has 0 aliphatic heterocycles. The van der Waals surface area contributed by atoms with Crippen molar-refractivity contribution in [3.8, 4) is 0 Å². The van der Waals surface area contributed by atoms with Gasteiger partial charge >= 0.3 is 0 Å². The van der Waals surface area contributed by atoms with Crippen LogP contribution in [0.15, 0.2) is 12.1 Å². The molecular formula is C14H19F2N3. The number of H-pyrrole nitrogens is 1. The molecule has 5 heteroatoms. The number of hydrogen-bond donors (Lipinski definition) is 2. The second-order valence-corrected chi connectivity index (χ2v) is 5.67. The van der Waals surface area contributed by atoms with E-state index < -0.39 is 11.6 Å². The van der Waals surface area contributed by atoms with Crippen LogP contribution in [0.1, 0.15) is 32.5 Å². The zero-order chi connectivity index (χ0) is 14.0. The Bertz CT molecular complexity index is 536. The molecule has 104 valence electrons. The van der Waals surface area contributed by atoms with Gasteiger partial charge in [-0.1, -0.05) is 13.8 Å². The van der Waals surface area contributed by atoms with Gasteiger partial charge < -0.3 is 10.7 Å². The molecule has 0 unspecified atom stereocenters. The summed E-state index contributed by atoms with van der Waals surface area (Å²) >= 11 is 0. The normalized spacial score (nSPS) is 12.3. The monoisotopic (exact) mass is 267 g/mol. The molecule has 3 N–H and O–H groups in total. The number of fused-ring (bicyclic) bond motifs is 1. The van der Waals surface area contributed by atoms with Gasteiger partial charge in [-0.3, -0.25) is 0 Å². The molecular weight excluding hydrogens is 248 g/mol. The number of nitrogens with one attached hydrogen (secondary N) is 1. The average Bonchev–Trinajstić information content (AvgIpc) is 2.69. The zero-order valence-corrected chi connectivity index (χ0v) is 11.3. The fourth-order valence-electron chi connectivity index (χ4n) is 2.15. The molecule has 3 nitrogen and oxygen atoms in total. The Hall–Kier alpha value is -1.49. The van der Waals surface area contributed by atoms with Crippen LogP contribution in [0.2, 0.25) is 0 Å². The standard InChI is InChI=1S/C14H19F2N3/c1-14(2,5-6-17)4-3-13-18-11-7-9(15)10(16)8-12(11)19-13/h7-8H,3-6,17H2,1-2H3,(H,18,19). The maximum atomic E-state index is 13.1. The van der Waals surface area contributed by atoms with Gasteiger partial charge in [0.05, 0.1) is 11.0 Å². The molecule has 0 amide bonds. The fourth-order valence-corrected chi connectivity index (χ4v) is 2.15. The van der Waals surface area contributed by atoms with Crippen molar-refractivity contribution in [3.05, 3.63) is 29.6 Å². The molecule has 0 spiro atoms. The van der Waals surface area contributed by atoms with E-state index >= 15 is 0 Å². The summed E-state index contributed by atoms with van der Waals surface area (Å²) in [6, 6.07) is 2.27. The molecule has 2 rings (SSSR count). The van der Waals surface area contributed by atoms with Crippen molar-refractivity contribution in [3.63, 3.8) is 0 Å². The van der Waals surface area contributed by atoms with Crippen LogP contribution in [0, 0.1) is 17.0 Å². The first-order valence-corrected chi connectivity index (χ1v) is 6.45. The van der Waals surface area contributed by atoms with Gasteiger partial charge in [0.25, 0.3) is 0 Å². The van der Waals surface area contributed by atoms with Crippen LogP contribution in [0.4, 0.5) is 8.78 Å². The van der Waals surface area contributed by atoms with Crippen LogP contribution < -0.4 is 5.73 Å². The summed E-state index contributed by atoms with van der Waals surface area (Å²) < 4.78 is 26.2. The molecule has 0 bridgehead atoms. The first-order chi connectivity index (χ1) is 8.91. The number of imidazole rings is 1. The molecule has 0 aliphatic rings. The minimum Gasteiger partial charge on any atom is -0.342 e. The number of nitrogens with two attached hydrogens (primary N) is 1. The smallest absolute Gasteiger partial charge is 0.161 e. The van der Waals surface area contributed by atoms with E-state index in [-0.39, 0.29) is 5.41 Å². The number of aromatic nitrogens is 2. The predicted octanol–water partition coefficient (Wildman–Crippen LogP) is 3.15. The lowest BCUT2D eigenvalue weighted by Gasteiger charge is -2.22. The van der Waals surface area contributed by atoms with E-state index in [1.54, 1.807) is 0 Å². The van der Waals surface area contributed by atoms with Gasteiger partial charge in [0.2, 0.25) is 0 Å². The Morgan fingerprint density at radius 3 is 2.58 bits per heavy atom. The zero-order valence-electron chi connectivity index (χ0n) is 11.3. The Balaban J connectivity index is 2.14. The first-order valence-electron chi connectivity index (χ1n) is 6.45. The third-order valence-electron chi connectivity index (χ3n) is 3.43. The third kappa shape index (κ3) is 3.29. The number of aromatic amines is 1. The van der Waals surface area contributed by atoms with Crippen molar-refractivity contribution in [2.24, 2.45) is 11.1 Å². The summed E-state index contributed by atoms with van der Waals surface area (Å²) in [5.41, 5.74) is 6.71. The van der Waals surface area contributed by atoms with Gasteiger partial charge in [0.15, 0.2) is 11.6 Å². The molecule has 1 aromatic heterocycles. The largest absolute Gasteiger partial charge is 0.342 e. The second kappa shape index (κ2) is 5.25. The van der Waals surface area contributed by atoms with Crippen molar-refractivity contribution in [1.82, 2.24) is 9.97 Å². The lowest BCUT2D eigenvalue weighted by molar-refractivity contribution is 0.311. The van der Waals surface area contributed by atoms with Gasteiger partial charge in [-0.05, 0) is 24.8 Å². The molecule has 0 atom stereocenters. The SMILES string of the molecule is CC(C)(CCN)CCc1nc2cc(F)c(F)cc2[nH]1. The van der Waals surface area contributed by atoms with Gasteiger partial charge in [-0.25, -0.2) is 13.8 Å². The number of benzene rings is 1. The average molecular weight is 267 g/mol. The van der Waals surface area contributed by atoms with E-state index in [0.717, 1.165) is 37.2 Å². The molecule has 1 aromatic carbocycles. The summed E-state index contributed by atoms with van der Waals surface area (Å²) in [4.78, 5) is 7.31. The van der Waals surface area contributed by atoms with E-state index in [9.17, 15) is 8.78 Å². The lowest BCUT2D eigenvalue weighted by Crippen LogP contribution is -2.18. The van der Waals surface area contributed by atoms with Crippen LogP contribution in [0.25, 0.3) is 11.0 Å². The molecule has 0 fully saturated rings. The molecule has 0 radical (unpaired) electrons. The topological polar surface area (TPSA) is 54.7 Å². The predicted molar refractivity (Wildman–Crippen MR) is 71.8 cm³/mol. The summed E-state index contributed by atoms with van der Waals surface area (Å²) in [6.07, 6.45) is 2.61. The van der Waals surface area contributed by atoms with Crippen molar-refractivity contribution >= 4 is 11.0 Å². The van der Waals surface area contributed by atoms with Crippen molar-refractivity contribution < 1.29 is 8.78 Å². The van der Waals surface area contributed by atoms with Crippen LogP contribution in [-0.4, -0.2) is 16.5 Å². The quantitative estimate of drug-likeness (QED) is 0.874. The molecule has 0 saturated heterocycles. The lowest BCUT2D eigenvalue weighted by atomic mass is 9.84. The highest BCUT2D eigenvalue weighted by molar-refractivity contribution is 5.75. The minimum atomic E-state index is -0.867. The summed E-state index contributed by atoms with van der Waals surface area (Å²) in [7, 11) is 0. The van der Waals surface area contributed by atoms with E-state index in [2.05, 4.69) is 23.8 Å². The fraction of sp³-hybridized carbons (Fsp3) is 0.500. The highest BCUT2D eigenvalue weighted by Crippen LogP contribution is 2.26. The van der Waals surface area contributed by atoms with Crippen molar-refractivity contribution in [1.29, 1.82) is 0 Å². The van der Waals surface area contributed by atoms with Gasteiger partial charge in [-0.15, -0.1) is 0 Å². The Labute approximate surface area is 111 Å². The highest BCUT2D eigenvalue weighted by atomic mass is 19.2. The van der Waals surface area contributed by atoms with Crippen LogP contribution in [0.3, 0.4) is 0 Å². The number of rotatable bonds is 5. The molecule has 2 aromatic rings. The van der Waals surface area contributed by atoms with Crippen LogP contribution in [-0.2, 0) is 6.42 Å². The minimum absolute atomic E-state index is 0.143. The molecule has 0 saturated carbocycles. The molecule has 19 heavy (non-hydrogen) atoms. The summed E-state index contributed by atoms with van der Waals surface area (Å²) in [6.45, 7) is 4.97. The van der Waals surface area contributed by atoms with Gasteiger partial charge in [0.1, 0.15) is 5.82 Å². The molecule has 0 aliphatic carbocycles. The maximum Gasteiger partial charge on any atom is 0.161 e. The third-order valence-corrected chi connectivity index (χ3v) is 3.43. The van der Waals surface area contributed by atoms with Crippen LogP contribution >= 0.6 is 0 Å². The second-order valence-electron chi connectivity index (χ2n) is 5.67.